The number of carbonyl (C=O) groups excluding carboxylic acids is 1. The maximum Gasteiger partial charge on any atom is 0.250 e. The molecule has 0 bridgehead atoms. The van der Waals surface area contributed by atoms with E-state index in [-0.39, 0.29) is 12.0 Å². The van der Waals surface area contributed by atoms with Gasteiger partial charge in [-0.3, -0.25) is 4.79 Å². The second-order valence-electron chi connectivity index (χ2n) is 4.36. The molecule has 1 unspecified atom stereocenters. The normalized spacial score (nSPS) is 21.1. The van der Waals surface area contributed by atoms with Crippen LogP contribution >= 0.6 is 0 Å². The fourth-order valence-electron chi connectivity index (χ4n) is 1.61. The Hall–Kier alpha value is -0.650. The molecule has 1 aliphatic rings. The third-order valence-electron chi connectivity index (χ3n) is 2.55. The van der Waals surface area contributed by atoms with Crippen molar-refractivity contribution in [1.82, 2.24) is 15.5 Å². The van der Waals surface area contributed by atoms with Crippen LogP contribution in [0.5, 0.6) is 0 Å². The Kier molecular flexibility index (Phi) is 6.37. The van der Waals surface area contributed by atoms with Crippen molar-refractivity contribution in [3.05, 3.63) is 0 Å². The number of carbonyl (C=O) groups is 1. The maximum absolute atomic E-state index is 11.6. The van der Waals surface area contributed by atoms with E-state index in [9.17, 15) is 4.79 Å². The van der Waals surface area contributed by atoms with Crippen LogP contribution in [0.15, 0.2) is 0 Å². The molecule has 0 aromatic carbocycles. The van der Waals surface area contributed by atoms with Crippen LogP contribution in [0.3, 0.4) is 0 Å². The smallest absolute Gasteiger partial charge is 0.250 e. The third kappa shape index (κ3) is 5.44. The number of nitrogens with zero attached hydrogens (tertiary/aromatic N) is 1. The average molecular weight is 229 g/mol. The van der Waals surface area contributed by atoms with E-state index in [1.54, 1.807) is 0 Å². The van der Waals surface area contributed by atoms with Gasteiger partial charge in [-0.05, 0) is 33.5 Å². The standard InChI is InChI=1S/C11H23N3O2/c1-14(2)7-4-3-5-13-11(15)10-9-12-6-8-16-10/h10,12H,3-9H2,1-2H3,(H,13,15). The molecule has 0 saturated carbocycles. The fourth-order valence-corrected chi connectivity index (χ4v) is 1.61. The summed E-state index contributed by atoms with van der Waals surface area (Å²) in [7, 11) is 4.11. The van der Waals surface area contributed by atoms with Crippen LogP contribution in [0.1, 0.15) is 12.8 Å². The molecule has 94 valence electrons. The lowest BCUT2D eigenvalue weighted by Crippen LogP contribution is -2.48. The predicted molar refractivity (Wildman–Crippen MR) is 63.4 cm³/mol. The summed E-state index contributed by atoms with van der Waals surface area (Å²) in [6.07, 6.45) is 1.82. The first-order valence-electron chi connectivity index (χ1n) is 5.95. The molecule has 16 heavy (non-hydrogen) atoms. The van der Waals surface area contributed by atoms with Gasteiger partial charge in [0.15, 0.2) is 0 Å². The van der Waals surface area contributed by atoms with Crippen LogP contribution in [0.2, 0.25) is 0 Å². The van der Waals surface area contributed by atoms with Crippen molar-refractivity contribution < 1.29 is 9.53 Å². The van der Waals surface area contributed by atoms with Crippen molar-refractivity contribution >= 4 is 5.91 Å². The molecule has 1 rings (SSSR count). The van der Waals surface area contributed by atoms with Gasteiger partial charge in [0.25, 0.3) is 0 Å². The Bertz CT molecular complexity index is 203. The van der Waals surface area contributed by atoms with Crippen molar-refractivity contribution in [2.24, 2.45) is 0 Å². The lowest BCUT2D eigenvalue weighted by atomic mass is 10.2. The number of unbranched alkanes of at least 4 members (excludes halogenated alkanes) is 1. The molecule has 1 atom stereocenters. The minimum absolute atomic E-state index is 0.0112. The van der Waals surface area contributed by atoms with E-state index >= 15 is 0 Å². The summed E-state index contributed by atoms with van der Waals surface area (Å²) in [5.41, 5.74) is 0. The first-order chi connectivity index (χ1) is 7.70. The minimum atomic E-state index is -0.303. The zero-order valence-electron chi connectivity index (χ0n) is 10.3. The Balaban J connectivity index is 2.01. The molecule has 1 saturated heterocycles. The number of amides is 1. The third-order valence-corrected chi connectivity index (χ3v) is 2.55. The zero-order valence-corrected chi connectivity index (χ0v) is 10.3. The van der Waals surface area contributed by atoms with Gasteiger partial charge in [0, 0.05) is 19.6 Å². The van der Waals surface area contributed by atoms with Crippen LogP contribution in [0.4, 0.5) is 0 Å². The molecule has 0 aromatic rings. The zero-order chi connectivity index (χ0) is 11.8. The molecule has 1 fully saturated rings. The van der Waals surface area contributed by atoms with Crippen molar-refractivity contribution in [3.63, 3.8) is 0 Å². The van der Waals surface area contributed by atoms with Gasteiger partial charge in [0.2, 0.25) is 5.91 Å². The van der Waals surface area contributed by atoms with Gasteiger partial charge in [0.05, 0.1) is 6.61 Å². The molecule has 1 aliphatic heterocycles. The second kappa shape index (κ2) is 7.60. The van der Waals surface area contributed by atoms with Crippen LogP contribution in [-0.4, -0.2) is 63.8 Å². The number of nitrogens with one attached hydrogen (secondary N) is 2. The summed E-state index contributed by atoms with van der Waals surface area (Å²) >= 11 is 0. The molecular formula is C11H23N3O2. The highest BCUT2D eigenvalue weighted by Crippen LogP contribution is 1.96. The van der Waals surface area contributed by atoms with E-state index in [0.29, 0.717) is 13.2 Å². The lowest BCUT2D eigenvalue weighted by Gasteiger charge is -2.22. The summed E-state index contributed by atoms with van der Waals surface area (Å²) in [5.74, 6) is 0.0112. The SMILES string of the molecule is CN(C)CCCCNC(=O)C1CNCCO1. The number of morpholine rings is 1. The number of hydrogen-bond donors (Lipinski definition) is 2. The first-order valence-corrected chi connectivity index (χ1v) is 5.95. The van der Waals surface area contributed by atoms with E-state index < -0.39 is 0 Å². The highest BCUT2D eigenvalue weighted by atomic mass is 16.5. The summed E-state index contributed by atoms with van der Waals surface area (Å²) in [4.78, 5) is 13.8. The molecule has 0 spiro atoms. The largest absolute Gasteiger partial charge is 0.366 e. The van der Waals surface area contributed by atoms with E-state index in [0.717, 1.165) is 32.5 Å². The maximum atomic E-state index is 11.6. The first kappa shape index (κ1) is 13.4. The molecule has 2 N–H and O–H groups in total. The fraction of sp³-hybridized carbons (Fsp3) is 0.909. The second-order valence-corrected chi connectivity index (χ2v) is 4.36. The monoisotopic (exact) mass is 229 g/mol. The van der Waals surface area contributed by atoms with Crippen LogP contribution in [0.25, 0.3) is 0 Å². The van der Waals surface area contributed by atoms with Crippen LogP contribution < -0.4 is 10.6 Å². The molecule has 5 nitrogen and oxygen atoms in total. The van der Waals surface area contributed by atoms with Gasteiger partial charge in [-0.1, -0.05) is 0 Å². The van der Waals surface area contributed by atoms with Gasteiger partial charge in [-0.2, -0.15) is 0 Å². The molecule has 0 radical (unpaired) electrons. The van der Waals surface area contributed by atoms with E-state index in [1.807, 2.05) is 0 Å². The Morgan fingerprint density at radius 1 is 1.50 bits per heavy atom. The Labute approximate surface area is 97.5 Å². The molecular weight excluding hydrogens is 206 g/mol. The molecule has 1 heterocycles. The predicted octanol–water partition coefficient (Wildman–Crippen LogP) is -0.567. The van der Waals surface area contributed by atoms with Gasteiger partial charge < -0.3 is 20.3 Å². The minimum Gasteiger partial charge on any atom is -0.366 e. The van der Waals surface area contributed by atoms with Crippen LogP contribution in [-0.2, 0) is 9.53 Å². The summed E-state index contributed by atoms with van der Waals surface area (Å²) in [6, 6.07) is 0. The highest BCUT2D eigenvalue weighted by Gasteiger charge is 2.20. The lowest BCUT2D eigenvalue weighted by molar-refractivity contribution is -0.134. The highest BCUT2D eigenvalue weighted by molar-refractivity contribution is 5.81. The average Bonchev–Trinajstić information content (AvgIpc) is 2.29. The quantitative estimate of drug-likeness (QED) is 0.599. The van der Waals surface area contributed by atoms with E-state index in [1.165, 1.54) is 0 Å². The van der Waals surface area contributed by atoms with Crippen LogP contribution in [0, 0.1) is 0 Å². The summed E-state index contributed by atoms with van der Waals surface area (Å²) < 4.78 is 5.35. The van der Waals surface area contributed by atoms with Crippen molar-refractivity contribution in [2.45, 2.75) is 18.9 Å². The van der Waals surface area contributed by atoms with Gasteiger partial charge in [0.1, 0.15) is 6.10 Å². The van der Waals surface area contributed by atoms with Gasteiger partial charge >= 0.3 is 0 Å². The van der Waals surface area contributed by atoms with Gasteiger partial charge in [-0.15, -0.1) is 0 Å². The number of rotatable bonds is 6. The topological polar surface area (TPSA) is 53.6 Å². The number of hydrogen-bond acceptors (Lipinski definition) is 4. The molecule has 0 aromatic heterocycles. The Morgan fingerprint density at radius 2 is 2.31 bits per heavy atom. The number of ether oxygens (including phenoxy) is 1. The molecule has 5 heteroatoms. The summed E-state index contributed by atoms with van der Waals surface area (Å²) in [5, 5.41) is 6.04. The summed E-state index contributed by atoms with van der Waals surface area (Å²) in [6.45, 7) is 3.90. The molecule has 1 amide bonds. The van der Waals surface area contributed by atoms with E-state index in [4.69, 9.17) is 4.74 Å². The van der Waals surface area contributed by atoms with E-state index in [2.05, 4.69) is 29.6 Å². The Morgan fingerprint density at radius 3 is 2.94 bits per heavy atom. The van der Waals surface area contributed by atoms with Crippen molar-refractivity contribution in [1.29, 1.82) is 0 Å². The molecule has 0 aliphatic carbocycles. The van der Waals surface area contributed by atoms with Gasteiger partial charge in [-0.25, -0.2) is 0 Å². The van der Waals surface area contributed by atoms with Crippen molar-refractivity contribution in [2.75, 3.05) is 46.9 Å². The van der Waals surface area contributed by atoms with Crippen molar-refractivity contribution in [3.8, 4) is 0 Å².